The van der Waals surface area contributed by atoms with Crippen LogP contribution in [0.15, 0.2) is 34.8 Å². The second kappa shape index (κ2) is 10.1. The van der Waals surface area contributed by atoms with E-state index in [0.29, 0.717) is 25.0 Å². The Morgan fingerprint density at radius 1 is 1.11 bits per heavy atom. The third-order valence-corrected chi connectivity index (χ3v) is 9.10. The summed E-state index contributed by atoms with van der Waals surface area (Å²) in [4.78, 5) is 26.5. The maximum Gasteiger partial charge on any atom is 0.306 e. The maximum atomic E-state index is 12.9. The van der Waals surface area contributed by atoms with Gasteiger partial charge < -0.3 is 33.7 Å². The number of esters is 2. The van der Waals surface area contributed by atoms with E-state index in [1.807, 2.05) is 6.08 Å². The van der Waals surface area contributed by atoms with Crippen LogP contribution in [0, 0.1) is 11.3 Å². The van der Waals surface area contributed by atoms with Gasteiger partial charge in [0.2, 0.25) is 5.79 Å². The topological polar surface area (TPSA) is 104 Å². The largest absolute Gasteiger partial charge is 0.501 e. The van der Waals surface area contributed by atoms with Crippen molar-refractivity contribution in [3.63, 3.8) is 0 Å². The molecule has 1 N–H and O–H groups in total. The lowest BCUT2D eigenvalue weighted by molar-refractivity contribution is -0.197. The number of unbranched alkanes of at least 4 members (excludes halogenated alkanes) is 3. The van der Waals surface area contributed by atoms with Crippen molar-refractivity contribution in [3.8, 4) is 0 Å². The quantitative estimate of drug-likeness (QED) is 0.203. The van der Waals surface area contributed by atoms with E-state index >= 15 is 0 Å². The Balaban J connectivity index is 1.34. The van der Waals surface area contributed by atoms with Crippen LogP contribution in [0.25, 0.3) is 0 Å². The number of hydrogen-bond acceptors (Lipinski definition) is 9. The molecule has 1 saturated carbocycles. The molecule has 5 rings (SSSR count). The molecule has 2 bridgehead atoms. The molecule has 2 fully saturated rings. The summed E-state index contributed by atoms with van der Waals surface area (Å²) in [5, 5.41) is 11.5. The first-order chi connectivity index (χ1) is 17.8. The Kier molecular flexibility index (Phi) is 7.15. The summed E-state index contributed by atoms with van der Waals surface area (Å²) < 4.78 is 28.7. The molecule has 0 radical (unpaired) electrons. The highest BCUT2D eigenvalue weighted by Gasteiger charge is 2.69. The fourth-order valence-corrected chi connectivity index (χ4v) is 7.19. The van der Waals surface area contributed by atoms with E-state index in [4.69, 9.17) is 18.9 Å². The van der Waals surface area contributed by atoms with Crippen LogP contribution in [0.1, 0.15) is 57.8 Å². The fraction of sp³-hybridized carbons (Fsp3) is 0.714. The summed E-state index contributed by atoms with van der Waals surface area (Å²) in [5.74, 6) is -0.713. The number of likely N-dealkylation sites (tertiary alicyclic amines) is 1. The van der Waals surface area contributed by atoms with Crippen molar-refractivity contribution in [3.05, 3.63) is 34.8 Å². The minimum absolute atomic E-state index is 0.176. The molecule has 2 heterocycles. The zero-order valence-electron chi connectivity index (χ0n) is 22.3. The van der Waals surface area contributed by atoms with E-state index in [2.05, 4.69) is 22.8 Å². The first-order valence-electron chi connectivity index (χ1n) is 13.4. The maximum absolute atomic E-state index is 12.9. The Morgan fingerprint density at radius 3 is 2.51 bits per heavy atom. The summed E-state index contributed by atoms with van der Waals surface area (Å²) >= 11 is 0. The van der Waals surface area contributed by atoms with Crippen LogP contribution < -0.4 is 0 Å². The van der Waals surface area contributed by atoms with Crippen molar-refractivity contribution in [1.29, 1.82) is 0 Å². The monoisotopic (exact) mass is 517 g/mol. The van der Waals surface area contributed by atoms with Gasteiger partial charge in [-0.05, 0) is 50.9 Å². The van der Waals surface area contributed by atoms with Crippen LogP contribution in [0.3, 0.4) is 0 Å². The van der Waals surface area contributed by atoms with Crippen molar-refractivity contribution in [2.45, 2.75) is 81.8 Å². The Morgan fingerprint density at radius 2 is 1.84 bits per heavy atom. The molecule has 37 heavy (non-hydrogen) atoms. The normalized spacial score (nSPS) is 35.7. The highest BCUT2D eigenvalue weighted by atomic mass is 16.7. The van der Waals surface area contributed by atoms with Crippen molar-refractivity contribution >= 4 is 11.9 Å². The number of methoxy groups -OCH3 is 3. The van der Waals surface area contributed by atoms with Gasteiger partial charge in [-0.1, -0.05) is 18.9 Å². The van der Waals surface area contributed by atoms with E-state index in [-0.39, 0.29) is 30.3 Å². The van der Waals surface area contributed by atoms with Crippen molar-refractivity contribution in [1.82, 2.24) is 4.90 Å². The first-order valence-corrected chi connectivity index (χ1v) is 13.4. The molecule has 1 spiro atoms. The predicted octanol–water partition coefficient (Wildman–Crippen LogP) is 2.98. The third kappa shape index (κ3) is 4.19. The number of rotatable bonds is 10. The second-order valence-electron chi connectivity index (χ2n) is 10.9. The summed E-state index contributed by atoms with van der Waals surface area (Å²) in [5.41, 5.74) is 1.68. The van der Waals surface area contributed by atoms with E-state index in [1.54, 1.807) is 7.11 Å². The number of nitrogens with zero attached hydrogens (tertiary/aromatic N) is 1. The van der Waals surface area contributed by atoms with Crippen LogP contribution in [0.4, 0.5) is 0 Å². The number of piperidine rings is 1. The Bertz CT molecular complexity index is 1030. The summed E-state index contributed by atoms with van der Waals surface area (Å²) in [7, 11) is 6.67. The number of carbonyl (C=O) groups excluding carboxylic acids is 2. The Hall–Kier alpha value is -2.36. The van der Waals surface area contributed by atoms with E-state index in [9.17, 15) is 14.7 Å². The lowest BCUT2D eigenvalue weighted by Crippen LogP contribution is -2.63. The SMILES string of the molecule is COC(=O)CCCCCCC(=O)O[C@H]1C=C[C@H]2[C@H]3CC4=C(OC)CC(O)(OC)C5=C4[C@@]2(CCN3C)[C@H]1O5. The molecule has 5 aliphatic rings. The molecule has 204 valence electrons. The molecular formula is C28H39NO8. The average Bonchev–Trinajstić information content (AvgIpc) is 3.25. The van der Waals surface area contributed by atoms with Crippen molar-refractivity contribution < 1.29 is 38.4 Å². The van der Waals surface area contributed by atoms with E-state index < -0.39 is 23.4 Å². The summed E-state index contributed by atoms with van der Waals surface area (Å²) in [6.45, 7) is 0.888. The van der Waals surface area contributed by atoms with Gasteiger partial charge in [-0.2, -0.15) is 0 Å². The number of aliphatic hydroxyl groups is 1. The molecule has 0 aromatic carbocycles. The third-order valence-electron chi connectivity index (χ3n) is 9.10. The second-order valence-corrected chi connectivity index (χ2v) is 10.9. The molecule has 6 atom stereocenters. The van der Waals surface area contributed by atoms with Crippen LogP contribution >= 0.6 is 0 Å². The smallest absolute Gasteiger partial charge is 0.306 e. The number of ether oxygens (including phenoxy) is 5. The molecule has 0 amide bonds. The highest BCUT2D eigenvalue weighted by molar-refractivity contribution is 5.70. The lowest BCUT2D eigenvalue weighted by Gasteiger charge is -2.58. The van der Waals surface area contributed by atoms with Gasteiger partial charge in [-0.15, -0.1) is 0 Å². The minimum atomic E-state index is -1.62. The molecule has 1 saturated heterocycles. The standard InChI is InChI=1S/C28H39NO8/c1-29-14-13-27-18-11-12-20(36-23(31)10-8-6-5-7-9-22(30)34-3)25(27)37-26-24(27)17(15-19(18)29)21(33-2)16-28(26,32)35-4/h11-12,18-20,25,32H,5-10,13-16H2,1-4H3/t18-,19+,20-,25-,27-,28?/m0/s1. The zero-order valence-corrected chi connectivity index (χ0v) is 22.3. The van der Waals surface area contributed by atoms with Crippen molar-refractivity contribution in [2.24, 2.45) is 11.3 Å². The Labute approximate surface area is 218 Å². The molecule has 9 heteroatoms. The number of hydrogen-bond donors (Lipinski definition) is 1. The molecule has 0 aromatic heterocycles. The predicted molar refractivity (Wildman–Crippen MR) is 133 cm³/mol. The summed E-state index contributed by atoms with van der Waals surface area (Å²) in [6, 6.07) is 0.273. The molecule has 9 nitrogen and oxygen atoms in total. The lowest BCUT2D eigenvalue weighted by atomic mass is 9.51. The van der Waals surface area contributed by atoms with Gasteiger partial charge in [0.05, 0.1) is 20.6 Å². The van der Waals surface area contributed by atoms with E-state index in [1.165, 1.54) is 14.2 Å². The van der Waals surface area contributed by atoms with Gasteiger partial charge in [-0.3, -0.25) is 9.59 Å². The van der Waals surface area contributed by atoms with Crippen LogP contribution in [0.2, 0.25) is 0 Å². The van der Waals surface area contributed by atoms with Gasteiger partial charge >= 0.3 is 11.9 Å². The van der Waals surface area contributed by atoms with Gasteiger partial charge in [0.1, 0.15) is 11.9 Å². The van der Waals surface area contributed by atoms with Crippen LogP contribution in [0.5, 0.6) is 0 Å². The number of carbonyl (C=O) groups is 2. The van der Waals surface area contributed by atoms with Gasteiger partial charge in [0.25, 0.3) is 0 Å². The molecule has 2 aliphatic heterocycles. The summed E-state index contributed by atoms with van der Waals surface area (Å²) in [6.07, 6.45) is 8.89. The zero-order chi connectivity index (χ0) is 26.4. The molecular weight excluding hydrogens is 478 g/mol. The average molecular weight is 518 g/mol. The van der Waals surface area contributed by atoms with Crippen LogP contribution in [-0.4, -0.2) is 80.9 Å². The van der Waals surface area contributed by atoms with E-state index in [0.717, 1.165) is 55.6 Å². The first kappa shape index (κ1) is 26.3. The van der Waals surface area contributed by atoms with Gasteiger partial charge in [-0.25, -0.2) is 0 Å². The highest BCUT2D eigenvalue weighted by Crippen LogP contribution is 2.67. The fourth-order valence-electron chi connectivity index (χ4n) is 7.19. The minimum Gasteiger partial charge on any atom is -0.501 e. The van der Waals surface area contributed by atoms with Crippen LogP contribution in [-0.2, 0) is 33.3 Å². The van der Waals surface area contributed by atoms with Crippen molar-refractivity contribution in [2.75, 3.05) is 34.9 Å². The molecule has 3 aliphatic carbocycles. The molecule has 1 unspecified atom stereocenters. The molecule has 0 aromatic rings. The van der Waals surface area contributed by atoms with Gasteiger partial charge in [0.15, 0.2) is 11.9 Å². The van der Waals surface area contributed by atoms with Gasteiger partial charge in [0, 0.05) is 42.9 Å².